The number of benzene rings is 6. The molecule has 1 heterocycles. The first kappa shape index (κ1) is 31.8. The van der Waals surface area contributed by atoms with Crippen LogP contribution in [0, 0.1) is 11.8 Å². The molecular weight excluding hydrogens is 641 g/mol. The SMILES string of the molecule is CC1C=CC(c2cccc(-c3c4c(c(C5=CC=CC(c6ccccc6)C5C)c5cc(-c6cccc7oc8ccccc8c67)ccc35)=CCCC=4)c2)=CC1. The lowest BCUT2D eigenvalue weighted by Crippen LogP contribution is -2.34. The van der Waals surface area contributed by atoms with Gasteiger partial charge in [0.05, 0.1) is 0 Å². The van der Waals surface area contributed by atoms with Crippen LogP contribution in [0.25, 0.3) is 78.3 Å². The molecule has 256 valence electrons. The molecule has 7 aromatic rings. The largest absolute Gasteiger partial charge is 0.456 e. The van der Waals surface area contributed by atoms with Crippen molar-refractivity contribution in [3.8, 4) is 22.3 Å². The van der Waals surface area contributed by atoms with Gasteiger partial charge in [-0.25, -0.2) is 0 Å². The fraction of sp³-hybridized carbons (Fsp3) is 0.154. The third kappa shape index (κ3) is 5.37. The lowest BCUT2D eigenvalue weighted by Gasteiger charge is -2.29. The van der Waals surface area contributed by atoms with E-state index in [2.05, 4.69) is 178 Å². The van der Waals surface area contributed by atoms with Gasteiger partial charge in [0, 0.05) is 16.7 Å². The van der Waals surface area contributed by atoms with Crippen molar-refractivity contribution in [1.82, 2.24) is 0 Å². The van der Waals surface area contributed by atoms with Crippen molar-refractivity contribution in [3.63, 3.8) is 0 Å². The third-order valence-electron chi connectivity index (χ3n) is 11.9. The van der Waals surface area contributed by atoms with E-state index >= 15 is 0 Å². The fourth-order valence-corrected chi connectivity index (χ4v) is 9.19. The molecule has 1 heteroatoms. The highest BCUT2D eigenvalue weighted by Crippen LogP contribution is 2.43. The average Bonchev–Trinajstić information content (AvgIpc) is 3.60. The average molecular weight is 683 g/mol. The molecule has 0 fully saturated rings. The van der Waals surface area contributed by atoms with Crippen LogP contribution in [-0.2, 0) is 0 Å². The summed E-state index contributed by atoms with van der Waals surface area (Å²) in [6, 6.07) is 42.4. The molecule has 0 radical (unpaired) electrons. The molecule has 3 unspecified atom stereocenters. The monoisotopic (exact) mass is 682 g/mol. The van der Waals surface area contributed by atoms with Crippen LogP contribution in [-0.4, -0.2) is 0 Å². The van der Waals surface area contributed by atoms with E-state index in [9.17, 15) is 0 Å². The van der Waals surface area contributed by atoms with E-state index in [1.54, 1.807) is 0 Å². The number of fused-ring (bicyclic) bond motifs is 5. The van der Waals surface area contributed by atoms with Gasteiger partial charge in [-0.1, -0.05) is 153 Å². The topological polar surface area (TPSA) is 13.1 Å². The minimum absolute atomic E-state index is 0.302. The van der Waals surface area contributed by atoms with Gasteiger partial charge in [-0.15, -0.1) is 0 Å². The van der Waals surface area contributed by atoms with Crippen LogP contribution in [0.5, 0.6) is 0 Å². The Kier molecular flexibility index (Phi) is 7.76. The van der Waals surface area contributed by atoms with Gasteiger partial charge in [0.25, 0.3) is 0 Å². The molecule has 3 aliphatic rings. The minimum Gasteiger partial charge on any atom is -0.456 e. The molecule has 0 amide bonds. The standard InChI is InChI=1S/C52H42O/c1-33-25-27-35(28-26-33)37-15-10-16-39(31-37)50-43-17-6-7-18-44(43)51(41-21-11-20-40(34(41)2)36-13-4-3-5-14-36)47-32-38(29-30-45(47)50)42-22-12-24-49-52(42)46-19-8-9-23-48(46)53-49/h3-5,8-25,27-34,40H,6-7,26H2,1-2H3. The van der Waals surface area contributed by atoms with Gasteiger partial charge in [-0.3, -0.25) is 0 Å². The minimum atomic E-state index is 0.302. The highest BCUT2D eigenvalue weighted by atomic mass is 16.3. The molecule has 3 atom stereocenters. The molecule has 53 heavy (non-hydrogen) atoms. The maximum absolute atomic E-state index is 6.37. The lowest BCUT2D eigenvalue weighted by molar-refractivity contribution is 0.653. The maximum Gasteiger partial charge on any atom is 0.136 e. The van der Waals surface area contributed by atoms with Gasteiger partial charge >= 0.3 is 0 Å². The summed E-state index contributed by atoms with van der Waals surface area (Å²) in [5.74, 6) is 1.19. The molecule has 0 aliphatic heterocycles. The zero-order valence-electron chi connectivity index (χ0n) is 30.4. The maximum atomic E-state index is 6.37. The van der Waals surface area contributed by atoms with Crippen molar-refractivity contribution in [2.24, 2.45) is 11.8 Å². The van der Waals surface area contributed by atoms with Gasteiger partial charge in [0.1, 0.15) is 11.2 Å². The first-order chi connectivity index (χ1) is 26.1. The van der Waals surface area contributed by atoms with E-state index in [0.29, 0.717) is 17.8 Å². The number of hydrogen-bond donors (Lipinski definition) is 0. The zero-order chi connectivity index (χ0) is 35.5. The molecule has 0 N–H and O–H groups in total. The number of rotatable bonds is 5. The second kappa shape index (κ2) is 12.9. The van der Waals surface area contributed by atoms with Crippen molar-refractivity contribution < 1.29 is 4.42 Å². The summed E-state index contributed by atoms with van der Waals surface area (Å²) in [6.07, 6.45) is 22.3. The van der Waals surface area contributed by atoms with Gasteiger partial charge in [-0.05, 0) is 127 Å². The summed E-state index contributed by atoms with van der Waals surface area (Å²) in [7, 11) is 0. The summed E-state index contributed by atoms with van der Waals surface area (Å²) >= 11 is 0. The predicted molar refractivity (Wildman–Crippen MR) is 226 cm³/mol. The van der Waals surface area contributed by atoms with E-state index < -0.39 is 0 Å². The molecule has 10 rings (SSSR count). The summed E-state index contributed by atoms with van der Waals surface area (Å²) in [4.78, 5) is 0. The van der Waals surface area contributed by atoms with Crippen molar-refractivity contribution in [3.05, 3.63) is 179 Å². The number of furan rings is 1. The highest BCUT2D eigenvalue weighted by molar-refractivity contribution is 6.14. The smallest absolute Gasteiger partial charge is 0.136 e. The Bertz CT molecular complexity index is 2840. The van der Waals surface area contributed by atoms with E-state index in [1.807, 2.05) is 0 Å². The number of para-hydroxylation sites is 1. The van der Waals surface area contributed by atoms with Crippen LogP contribution < -0.4 is 10.4 Å². The van der Waals surface area contributed by atoms with Crippen LogP contribution in [0.3, 0.4) is 0 Å². The zero-order valence-corrected chi connectivity index (χ0v) is 30.4. The van der Waals surface area contributed by atoms with Gasteiger partial charge in [0.15, 0.2) is 0 Å². The molecule has 1 aromatic heterocycles. The third-order valence-corrected chi connectivity index (χ3v) is 11.9. The first-order valence-electron chi connectivity index (χ1n) is 19.3. The van der Waals surface area contributed by atoms with E-state index in [0.717, 1.165) is 35.8 Å². The molecule has 0 saturated carbocycles. The Labute approximate surface area is 311 Å². The Morgan fingerprint density at radius 3 is 2.21 bits per heavy atom. The van der Waals surface area contributed by atoms with Crippen molar-refractivity contribution >= 4 is 56.0 Å². The highest BCUT2D eigenvalue weighted by Gasteiger charge is 2.27. The quantitative estimate of drug-likeness (QED) is 0.176. The Morgan fingerprint density at radius 1 is 0.585 bits per heavy atom. The van der Waals surface area contributed by atoms with E-state index in [4.69, 9.17) is 4.42 Å². The van der Waals surface area contributed by atoms with Crippen LogP contribution in [0.2, 0.25) is 0 Å². The van der Waals surface area contributed by atoms with Crippen molar-refractivity contribution in [1.29, 1.82) is 0 Å². The molecule has 1 nitrogen and oxygen atoms in total. The lowest BCUT2D eigenvalue weighted by atomic mass is 9.74. The summed E-state index contributed by atoms with van der Waals surface area (Å²) in [5, 5.41) is 7.69. The van der Waals surface area contributed by atoms with Crippen LogP contribution >= 0.6 is 0 Å². The molecular formula is C52H42O. The van der Waals surface area contributed by atoms with Gasteiger partial charge in [-0.2, -0.15) is 0 Å². The molecule has 0 bridgehead atoms. The summed E-state index contributed by atoms with van der Waals surface area (Å²) < 4.78 is 6.37. The van der Waals surface area contributed by atoms with Crippen molar-refractivity contribution in [2.75, 3.05) is 0 Å². The Morgan fingerprint density at radius 2 is 1.36 bits per heavy atom. The fourth-order valence-electron chi connectivity index (χ4n) is 9.19. The van der Waals surface area contributed by atoms with Crippen LogP contribution in [0.1, 0.15) is 55.7 Å². The number of allylic oxidation sites excluding steroid dienone is 8. The van der Waals surface area contributed by atoms with Crippen LogP contribution in [0.4, 0.5) is 0 Å². The molecule has 3 aliphatic carbocycles. The Hall–Kier alpha value is -5.92. The van der Waals surface area contributed by atoms with E-state index in [-0.39, 0.29) is 0 Å². The van der Waals surface area contributed by atoms with E-state index in [1.165, 1.54) is 76.7 Å². The van der Waals surface area contributed by atoms with Crippen molar-refractivity contribution in [2.45, 2.75) is 39.0 Å². The first-order valence-corrected chi connectivity index (χ1v) is 19.3. The van der Waals surface area contributed by atoms with Crippen LogP contribution in [0.15, 0.2) is 156 Å². The molecule has 0 saturated heterocycles. The van der Waals surface area contributed by atoms with Gasteiger partial charge < -0.3 is 4.42 Å². The molecule has 6 aromatic carbocycles. The summed E-state index contributed by atoms with van der Waals surface area (Å²) in [6.45, 7) is 4.71. The number of hydrogen-bond acceptors (Lipinski definition) is 1. The van der Waals surface area contributed by atoms with Gasteiger partial charge in [0.2, 0.25) is 0 Å². The molecule has 0 spiro atoms. The predicted octanol–water partition coefficient (Wildman–Crippen LogP) is 12.8. The second-order valence-electron chi connectivity index (χ2n) is 15.1. The normalized spacial score (nSPS) is 19.5. The second-order valence-corrected chi connectivity index (χ2v) is 15.1. The Balaban J connectivity index is 1.26. The summed E-state index contributed by atoms with van der Waals surface area (Å²) in [5.41, 5.74) is 13.6.